The molecule has 0 fully saturated rings. The maximum absolute atomic E-state index is 12.9. The number of benzene rings is 1. The number of anilines is 1. The van der Waals surface area contributed by atoms with Crippen LogP contribution in [0.3, 0.4) is 0 Å². The zero-order chi connectivity index (χ0) is 16.9. The van der Waals surface area contributed by atoms with Crippen molar-refractivity contribution in [3.63, 3.8) is 0 Å². The summed E-state index contributed by atoms with van der Waals surface area (Å²) >= 11 is 0. The molecular formula is C17H22N4O2. The summed E-state index contributed by atoms with van der Waals surface area (Å²) in [6.07, 6.45) is 5.17. The van der Waals surface area contributed by atoms with E-state index >= 15 is 0 Å². The molecule has 2 rings (SSSR count). The molecule has 1 amide bonds. The maximum Gasteiger partial charge on any atom is 0.246 e. The van der Waals surface area contributed by atoms with Gasteiger partial charge in [0.25, 0.3) is 0 Å². The first-order valence-corrected chi connectivity index (χ1v) is 8.06. The predicted octanol–water partition coefficient (Wildman–Crippen LogP) is 4.26. The van der Waals surface area contributed by atoms with Crippen molar-refractivity contribution in [1.82, 2.24) is 0 Å². The van der Waals surface area contributed by atoms with Crippen molar-refractivity contribution in [3.8, 4) is 0 Å². The Kier molecular flexibility index (Phi) is 5.40. The molecule has 23 heavy (non-hydrogen) atoms. The number of Topliss-reactive ketones (excluding diaryl/α,β-unsaturated/α-hetero) is 1. The third kappa shape index (κ3) is 3.08. The van der Waals surface area contributed by atoms with E-state index in [1.807, 2.05) is 0 Å². The molecule has 6 heteroatoms. The lowest BCUT2D eigenvalue weighted by Gasteiger charge is -2.36. The summed E-state index contributed by atoms with van der Waals surface area (Å²) in [5.41, 5.74) is 8.30. The van der Waals surface area contributed by atoms with Gasteiger partial charge in [-0.3, -0.25) is 9.59 Å². The zero-order valence-electron chi connectivity index (χ0n) is 13.7. The van der Waals surface area contributed by atoms with E-state index in [1.165, 1.54) is 4.90 Å². The molecule has 1 unspecified atom stereocenters. The second kappa shape index (κ2) is 7.29. The number of rotatable bonds is 7. The van der Waals surface area contributed by atoms with Gasteiger partial charge in [-0.1, -0.05) is 56.3 Å². The van der Waals surface area contributed by atoms with Gasteiger partial charge in [-0.05, 0) is 24.1 Å². The second-order valence-electron chi connectivity index (χ2n) is 5.92. The molecule has 1 aliphatic heterocycles. The van der Waals surface area contributed by atoms with Crippen LogP contribution in [0.15, 0.2) is 29.4 Å². The van der Waals surface area contributed by atoms with Gasteiger partial charge < -0.3 is 4.90 Å². The summed E-state index contributed by atoms with van der Waals surface area (Å²) in [6.45, 7) is 2.13. The minimum absolute atomic E-state index is 0.261. The summed E-state index contributed by atoms with van der Waals surface area (Å²) in [7, 11) is 1.62. The van der Waals surface area contributed by atoms with Crippen molar-refractivity contribution in [1.29, 1.82) is 0 Å². The van der Waals surface area contributed by atoms with E-state index in [1.54, 1.807) is 31.3 Å². The van der Waals surface area contributed by atoms with Crippen LogP contribution in [0.25, 0.3) is 10.4 Å². The third-order valence-electron chi connectivity index (χ3n) is 4.40. The Morgan fingerprint density at radius 2 is 1.87 bits per heavy atom. The van der Waals surface area contributed by atoms with Crippen LogP contribution >= 0.6 is 0 Å². The molecule has 1 aliphatic rings. The highest BCUT2D eigenvalue weighted by Crippen LogP contribution is 2.37. The molecule has 1 aromatic rings. The average Bonchev–Trinajstić information content (AvgIpc) is 2.57. The molecule has 0 spiro atoms. The predicted molar refractivity (Wildman–Crippen MR) is 89.4 cm³/mol. The van der Waals surface area contributed by atoms with E-state index < -0.39 is 11.4 Å². The Hall–Kier alpha value is -2.33. The topological polar surface area (TPSA) is 86.1 Å². The molecular weight excluding hydrogens is 292 g/mol. The number of hydrogen-bond donors (Lipinski definition) is 0. The molecule has 0 aliphatic carbocycles. The van der Waals surface area contributed by atoms with Crippen LogP contribution in [0.2, 0.25) is 0 Å². The largest absolute Gasteiger partial charge is 0.314 e. The molecule has 1 heterocycles. The number of ketones is 1. The quantitative estimate of drug-likeness (QED) is 0.247. The van der Waals surface area contributed by atoms with E-state index in [9.17, 15) is 9.59 Å². The van der Waals surface area contributed by atoms with Gasteiger partial charge in [0.05, 0.1) is 5.69 Å². The van der Waals surface area contributed by atoms with Crippen LogP contribution < -0.4 is 4.90 Å². The SMILES string of the molecule is CCCCCCCC1(N=[N+]=[N-])C(=O)c2ccccc2N(C)C1=O. The van der Waals surface area contributed by atoms with Crippen molar-refractivity contribution in [2.24, 2.45) is 5.11 Å². The summed E-state index contributed by atoms with van der Waals surface area (Å²) < 4.78 is 0. The molecule has 0 saturated carbocycles. The van der Waals surface area contributed by atoms with Crippen LogP contribution in [0.4, 0.5) is 5.69 Å². The number of azide groups is 1. The molecule has 122 valence electrons. The molecule has 1 aromatic carbocycles. The molecule has 0 saturated heterocycles. The minimum Gasteiger partial charge on any atom is -0.314 e. The fraction of sp³-hybridized carbons (Fsp3) is 0.529. The minimum atomic E-state index is -1.63. The highest BCUT2D eigenvalue weighted by molar-refractivity contribution is 6.28. The standard InChI is InChI=1S/C17H22N4O2/c1-3-4-5-6-9-12-17(19-20-18)15(22)13-10-7-8-11-14(13)21(2)16(17)23/h7-8,10-11H,3-6,9,12H2,1-2H3. The first-order chi connectivity index (χ1) is 11.1. The Balaban J connectivity index is 2.33. The van der Waals surface area contributed by atoms with Crippen LogP contribution in [0.5, 0.6) is 0 Å². The molecule has 0 radical (unpaired) electrons. The summed E-state index contributed by atoms with van der Waals surface area (Å²) in [5.74, 6) is -0.820. The number of carbonyl (C=O) groups excluding carboxylic acids is 2. The van der Waals surface area contributed by atoms with Crippen molar-refractivity contribution in [3.05, 3.63) is 40.3 Å². The number of hydrogen-bond acceptors (Lipinski definition) is 3. The fourth-order valence-electron chi connectivity index (χ4n) is 3.08. The Labute approximate surface area is 136 Å². The van der Waals surface area contributed by atoms with Gasteiger partial charge in [0.2, 0.25) is 5.91 Å². The Morgan fingerprint density at radius 1 is 1.17 bits per heavy atom. The van der Waals surface area contributed by atoms with Gasteiger partial charge in [0.1, 0.15) is 0 Å². The molecule has 0 bridgehead atoms. The van der Waals surface area contributed by atoms with Crippen LogP contribution in [-0.2, 0) is 4.79 Å². The average molecular weight is 314 g/mol. The summed E-state index contributed by atoms with van der Waals surface area (Å²) in [5, 5.41) is 3.68. The number of para-hydroxylation sites is 1. The first kappa shape index (κ1) is 17.0. The number of fused-ring (bicyclic) bond motifs is 1. The highest BCUT2D eigenvalue weighted by atomic mass is 16.2. The third-order valence-corrected chi connectivity index (χ3v) is 4.40. The second-order valence-corrected chi connectivity index (χ2v) is 5.92. The van der Waals surface area contributed by atoms with Gasteiger partial charge >= 0.3 is 0 Å². The summed E-state index contributed by atoms with van der Waals surface area (Å²) in [4.78, 5) is 29.9. The fourth-order valence-corrected chi connectivity index (χ4v) is 3.08. The molecule has 0 aromatic heterocycles. The van der Waals surface area contributed by atoms with Crippen molar-refractivity contribution in [2.75, 3.05) is 11.9 Å². The molecule has 1 atom stereocenters. The van der Waals surface area contributed by atoms with Gasteiger partial charge in [0.15, 0.2) is 11.3 Å². The van der Waals surface area contributed by atoms with Gasteiger partial charge in [-0.15, -0.1) is 0 Å². The van der Waals surface area contributed by atoms with E-state index in [0.717, 1.165) is 25.7 Å². The van der Waals surface area contributed by atoms with Gasteiger partial charge in [0, 0.05) is 17.5 Å². The Morgan fingerprint density at radius 3 is 2.57 bits per heavy atom. The van der Waals surface area contributed by atoms with Crippen LogP contribution in [0, 0.1) is 0 Å². The van der Waals surface area contributed by atoms with E-state index in [-0.39, 0.29) is 12.2 Å². The number of carbonyl (C=O) groups is 2. The summed E-state index contributed by atoms with van der Waals surface area (Å²) in [6, 6.07) is 6.94. The van der Waals surface area contributed by atoms with Crippen molar-refractivity contribution >= 4 is 17.4 Å². The van der Waals surface area contributed by atoms with Crippen molar-refractivity contribution in [2.45, 2.75) is 51.0 Å². The first-order valence-electron chi connectivity index (χ1n) is 8.06. The Bertz CT molecular complexity index is 652. The number of amides is 1. The van der Waals surface area contributed by atoms with Crippen molar-refractivity contribution < 1.29 is 9.59 Å². The number of likely N-dealkylation sites (N-methyl/N-ethyl adjacent to an activating group) is 1. The van der Waals surface area contributed by atoms with Crippen LogP contribution in [-0.4, -0.2) is 24.3 Å². The van der Waals surface area contributed by atoms with E-state index in [2.05, 4.69) is 16.9 Å². The van der Waals surface area contributed by atoms with E-state index in [4.69, 9.17) is 5.53 Å². The molecule has 0 N–H and O–H groups in total. The number of nitrogens with zero attached hydrogens (tertiary/aromatic N) is 4. The zero-order valence-corrected chi connectivity index (χ0v) is 13.7. The number of unbranched alkanes of at least 4 members (excludes halogenated alkanes) is 4. The van der Waals surface area contributed by atoms with Crippen LogP contribution in [0.1, 0.15) is 55.8 Å². The van der Waals surface area contributed by atoms with E-state index in [0.29, 0.717) is 17.7 Å². The molecule has 6 nitrogen and oxygen atoms in total. The lowest BCUT2D eigenvalue weighted by Crippen LogP contribution is -2.55. The smallest absolute Gasteiger partial charge is 0.246 e. The van der Waals surface area contributed by atoms with Gasteiger partial charge in [-0.2, -0.15) is 0 Å². The normalized spacial score (nSPS) is 20.2. The van der Waals surface area contributed by atoms with Gasteiger partial charge in [-0.25, -0.2) is 0 Å². The lowest BCUT2D eigenvalue weighted by molar-refractivity contribution is -0.122. The lowest BCUT2D eigenvalue weighted by atomic mass is 9.80. The maximum atomic E-state index is 12.9. The highest BCUT2D eigenvalue weighted by Gasteiger charge is 2.51. The monoisotopic (exact) mass is 314 g/mol.